The van der Waals surface area contributed by atoms with Crippen molar-refractivity contribution >= 4 is 11.7 Å². The van der Waals surface area contributed by atoms with Crippen molar-refractivity contribution < 1.29 is 14.6 Å². The second kappa shape index (κ2) is 8.53. The van der Waals surface area contributed by atoms with Crippen LogP contribution in [0.3, 0.4) is 0 Å². The lowest BCUT2D eigenvalue weighted by atomic mass is 10.2. The third-order valence-electron chi connectivity index (χ3n) is 4.47. The Morgan fingerprint density at radius 3 is 2.72 bits per heavy atom. The second-order valence-corrected chi connectivity index (χ2v) is 6.18. The van der Waals surface area contributed by atoms with Gasteiger partial charge < -0.3 is 20.1 Å². The van der Waals surface area contributed by atoms with E-state index in [4.69, 9.17) is 4.74 Å². The van der Waals surface area contributed by atoms with E-state index in [1.807, 2.05) is 42.5 Å². The molecule has 2 aromatic carbocycles. The summed E-state index contributed by atoms with van der Waals surface area (Å²) in [6.07, 6.45) is 2.58. The fourth-order valence-corrected chi connectivity index (χ4v) is 3.10. The number of amides is 2. The molecule has 5 nitrogen and oxygen atoms in total. The van der Waals surface area contributed by atoms with Crippen LogP contribution < -0.4 is 10.1 Å². The maximum atomic E-state index is 12.5. The standard InChI is InChI=1S/C20H24N2O3/c23-15-17-9-6-13-22(17)20(24)21-18-10-4-5-11-19(18)25-14-12-16-7-2-1-3-8-16/h1-5,7-8,10-11,17,23H,6,9,12-15H2,(H,21,24)/t17-/m0/s1. The van der Waals surface area contributed by atoms with Gasteiger partial charge in [0.15, 0.2) is 0 Å². The molecule has 3 rings (SSSR count). The number of anilines is 1. The van der Waals surface area contributed by atoms with Gasteiger partial charge in [-0.2, -0.15) is 0 Å². The van der Waals surface area contributed by atoms with Crippen molar-refractivity contribution in [2.24, 2.45) is 0 Å². The van der Waals surface area contributed by atoms with Gasteiger partial charge in [-0.1, -0.05) is 42.5 Å². The third kappa shape index (κ3) is 4.51. The fourth-order valence-electron chi connectivity index (χ4n) is 3.10. The number of urea groups is 1. The fraction of sp³-hybridized carbons (Fsp3) is 0.350. The molecule has 132 valence electrons. The van der Waals surface area contributed by atoms with Crippen molar-refractivity contribution in [2.45, 2.75) is 25.3 Å². The Balaban J connectivity index is 1.59. The summed E-state index contributed by atoms with van der Waals surface area (Å²) >= 11 is 0. The van der Waals surface area contributed by atoms with E-state index in [1.54, 1.807) is 4.90 Å². The predicted molar refractivity (Wildman–Crippen MR) is 97.9 cm³/mol. The summed E-state index contributed by atoms with van der Waals surface area (Å²) in [7, 11) is 0. The number of aliphatic hydroxyl groups is 1. The number of hydrogen-bond acceptors (Lipinski definition) is 3. The molecule has 1 aliphatic heterocycles. The number of nitrogens with zero attached hydrogens (tertiary/aromatic N) is 1. The molecule has 2 aromatic rings. The van der Waals surface area contributed by atoms with Crippen LogP contribution in [0.15, 0.2) is 54.6 Å². The molecule has 0 saturated carbocycles. The first-order valence-corrected chi connectivity index (χ1v) is 8.72. The highest BCUT2D eigenvalue weighted by atomic mass is 16.5. The lowest BCUT2D eigenvalue weighted by molar-refractivity contribution is 0.166. The van der Waals surface area contributed by atoms with E-state index in [0.29, 0.717) is 24.6 Å². The van der Waals surface area contributed by atoms with Crippen molar-refractivity contribution in [1.29, 1.82) is 0 Å². The summed E-state index contributed by atoms with van der Waals surface area (Å²) in [5.41, 5.74) is 1.87. The smallest absolute Gasteiger partial charge is 0.322 e. The number of hydrogen-bond donors (Lipinski definition) is 2. The Morgan fingerprint density at radius 2 is 1.92 bits per heavy atom. The van der Waals surface area contributed by atoms with Crippen molar-refractivity contribution in [3.05, 3.63) is 60.2 Å². The first-order valence-electron chi connectivity index (χ1n) is 8.72. The minimum atomic E-state index is -0.185. The van der Waals surface area contributed by atoms with E-state index in [-0.39, 0.29) is 18.7 Å². The maximum Gasteiger partial charge on any atom is 0.322 e. The molecule has 1 atom stereocenters. The summed E-state index contributed by atoms with van der Waals surface area (Å²) < 4.78 is 5.88. The third-order valence-corrected chi connectivity index (χ3v) is 4.47. The average molecular weight is 340 g/mol. The number of benzene rings is 2. The van der Waals surface area contributed by atoms with Gasteiger partial charge in [0.2, 0.25) is 0 Å². The molecule has 0 unspecified atom stereocenters. The summed E-state index contributed by atoms with van der Waals surface area (Å²) in [5.74, 6) is 0.659. The summed E-state index contributed by atoms with van der Waals surface area (Å²) in [6.45, 7) is 1.22. The van der Waals surface area contributed by atoms with Gasteiger partial charge in [-0.15, -0.1) is 0 Å². The molecular weight excluding hydrogens is 316 g/mol. The molecule has 0 bridgehead atoms. The molecule has 1 saturated heterocycles. The maximum absolute atomic E-state index is 12.5. The van der Waals surface area contributed by atoms with Crippen LogP contribution in [0.2, 0.25) is 0 Å². The van der Waals surface area contributed by atoms with Crippen LogP contribution in [-0.4, -0.2) is 41.8 Å². The Morgan fingerprint density at radius 1 is 1.16 bits per heavy atom. The van der Waals surface area contributed by atoms with E-state index in [0.717, 1.165) is 19.3 Å². The van der Waals surface area contributed by atoms with Crippen LogP contribution in [0.5, 0.6) is 5.75 Å². The monoisotopic (exact) mass is 340 g/mol. The molecule has 1 fully saturated rings. The van der Waals surface area contributed by atoms with Crippen molar-refractivity contribution in [3.8, 4) is 5.75 Å². The lowest BCUT2D eigenvalue weighted by Gasteiger charge is -2.24. The zero-order valence-electron chi connectivity index (χ0n) is 14.2. The number of nitrogens with one attached hydrogen (secondary N) is 1. The van der Waals surface area contributed by atoms with E-state index >= 15 is 0 Å². The molecule has 0 spiro atoms. The molecule has 25 heavy (non-hydrogen) atoms. The Kier molecular flexibility index (Phi) is 5.90. The Hall–Kier alpha value is -2.53. The van der Waals surface area contributed by atoms with Crippen LogP contribution in [-0.2, 0) is 6.42 Å². The van der Waals surface area contributed by atoms with E-state index in [9.17, 15) is 9.90 Å². The van der Waals surface area contributed by atoms with Crippen molar-refractivity contribution in [3.63, 3.8) is 0 Å². The van der Waals surface area contributed by atoms with Gasteiger partial charge in [-0.3, -0.25) is 0 Å². The van der Waals surface area contributed by atoms with Gasteiger partial charge in [0.25, 0.3) is 0 Å². The number of likely N-dealkylation sites (tertiary alicyclic amines) is 1. The second-order valence-electron chi connectivity index (χ2n) is 6.18. The highest BCUT2D eigenvalue weighted by Gasteiger charge is 2.28. The number of carbonyl (C=O) groups excluding carboxylic acids is 1. The van der Waals surface area contributed by atoms with Crippen molar-refractivity contribution in [1.82, 2.24) is 4.90 Å². The highest BCUT2D eigenvalue weighted by molar-refractivity contribution is 5.91. The number of ether oxygens (including phenoxy) is 1. The number of aliphatic hydroxyl groups excluding tert-OH is 1. The molecule has 0 aromatic heterocycles. The zero-order chi connectivity index (χ0) is 17.5. The molecule has 2 N–H and O–H groups in total. The topological polar surface area (TPSA) is 61.8 Å². The van der Waals surface area contributed by atoms with Crippen molar-refractivity contribution in [2.75, 3.05) is 25.1 Å². The molecule has 1 aliphatic rings. The number of carbonyl (C=O) groups is 1. The quantitative estimate of drug-likeness (QED) is 0.848. The minimum absolute atomic E-state index is 0.00262. The summed E-state index contributed by atoms with van der Waals surface area (Å²) in [6, 6.07) is 17.3. The number of para-hydroxylation sites is 2. The van der Waals surface area contributed by atoms with Crippen LogP contribution in [0.25, 0.3) is 0 Å². The van der Waals surface area contributed by atoms with Gasteiger partial charge in [0, 0.05) is 13.0 Å². The van der Waals surface area contributed by atoms with E-state index in [2.05, 4.69) is 17.4 Å². The van der Waals surface area contributed by atoms with Gasteiger partial charge in [-0.05, 0) is 30.5 Å². The van der Waals surface area contributed by atoms with Crippen LogP contribution >= 0.6 is 0 Å². The predicted octanol–water partition coefficient (Wildman–Crippen LogP) is 3.30. The number of rotatable bonds is 6. The Labute approximate surface area is 148 Å². The molecule has 5 heteroatoms. The minimum Gasteiger partial charge on any atom is -0.491 e. The van der Waals surface area contributed by atoms with Crippen LogP contribution in [0.1, 0.15) is 18.4 Å². The molecule has 2 amide bonds. The zero-order valence-corrected chi connectivity index (χ0v) is 14.2. The first-order chi connectivity index (χ1) is 12.3. The Bertz CT molecular complexity index is 690. The average Bonchev–Trinajstić information content (AvgIpc) is 3.13. The normalized spacial score (nSPS) is 16.7. The van der Waals surface area contributed by atoms with Gasteiger partial charge in [-0.25, -0.2) is 4.79 Å². The molecule has 0 radical (unpaired) electrons. The first kappa shape index (κ1) is 17.3. The highest BCUT2D eigenvalue weighted by Crippen LogP contribution is 2.26. The largest absolute Gasteiger partial charge is 0.491 e. The molecule has 1 heterocycles. The molecule has 0 aliphatic carbocycles. The van der Waals surface area contributed by atoms with Gasteiger partial charge in [0.1, 0.15) is 5.75 Å². The van der Waals surface area contributed by atoms with Gasteiger partial charge >= 0.3 is 6.03 Å². The van der Waals surface area contributed by atoms with Gasteiger partial charge in [0.05, 0.1) is 24.9 Å². The SMILES string of the molecule is O=C(Nc1ccccc1OCCc1ccccc1)N1CCC[C@H]1CO. The summed E-state index contributed by atoms with van der Waals surface area (Å²) in [4.78, 5) is 14.2. The van der Waals surface area contributed by atoms with Crippen LogP contribution in [0.4, 0.5) is 10.5 Å². The van der Waals surface area contributed by atoms with E-state index in [1.165, 1.54) is 5.56 Å². The molecular formula is C20H24N2O3. The lowest BCUT2D eigenvalue weighted by Crippen LogP contribution is -2.40. The summed E-state index contributed by atoms with van der Waals surface area (Å²) in [5, 5.41) is 12.3. The van der Waals surface area contributed by atoms with E-state index < -0.39 is 0 Å². The van der Waals surface area contributed by atoms with Crippen LogP contribution in [0, 0.1) is 0 Å².